The molecule has 198 valence electrons. The fraction of sp³-hybridized carbons (Fsp3) is 0.567. The Kier molecular flexibility index (Phi) is 10.7. The second-order valence-electron chi connectivity index (χ2n) is 9.76. The highest BCUT2D eigenvalue weighted by molar-refractivity contribution is 5.99. The van der Waals surface area contributed by atoms with Crippen LogP contribution in [0.15, 0.2) is 36.4 Å². The Morgan fingerprint density at radius 2 is 1.39 bits per heavy atom. The van der Waals surface area contributed by atoms with E-state index in [0.717, 1.165) is 37.1 Å². The topological polar surface area (TPSA) is 21.5 Å². The minimum Gasteiger partial charge on any atom is -0.493 e. The van der Waals surface area contributed by atoms with E-state index >= 15 is 0 Å². The van der Waals surface area contributed by atoms with Crippen molar-refractivity contribution in [2.75, 3.05) is 20.8 Å². The first-order valence-electron chi connectivity index (χ1n) is 13.4. The van der Waals surface area contributed by atoms with Crippen molar-refractivity contribution in [2.45, 2.75) is 90.3 Å². The van der Waals surface area contributed by atoms with E-state index in [2.05, 4.69) is 23.6 Å². The number of hydrogen-bond acceptors (Lipinski definition) is 2. The number of rotatable bonds is 14. The van der Waals surface area contributed by atoms with Crippen molar-refractivity contribution in [1.82, 2.24) is 0 Å². The summed E-state index contributed by atoms with van der Waals surface area (Å²) >= 11 is 0. The fourth-order valence-electron chi connectivity index (χ4n) is 5.05. The molecular formula is C30H41F3NO2+. The Labute approximate surface area is 214 Å². The lowest BCUT2D eigenvalue weighted by atomic mass is 9.92. The van der Waals surface area contributed by atoms with Gasteiger partial charge in [-0.3, -0.25) is 0 Å². The Morgan fingerprint density at radius 3 is 1.97 bits per heavy atom. The van der Waals surface area contributed by atoms with Gasteiger partial charge in [-0.25, -0.2) is 4.58 Å². The smallest absolute Gasteiger partial charge is 0.416 e. The Hall–Kier alpha value is -2.50. The van der Waals surface area contributed by atoms with Crippen LogP contribution in [-0.2, 0) is 19.1 Å². The molecule has 6 heteroatoms. The molecule has 0 aromatic heterocycles. The summed E-state index contributed by atoms with van der Waals surface area (Å²) < 4.78 is 52.5. The molecule has 0 saturated heterocycles. The quantitative estimate of drug-likeness (QED) is 0.191. The lowest BCUT2D eigenvalue weighted by molar-refractivity contribution is -0.545. The zero-order valence-electron chi connectivity index (χ0n) is 22.1. The average Bonchev–Trinajstić information content (AvgIpc) is 2.87. The minimum absolute atomic E-state index is 0.596. The molecule has 0 aliphatic carbocycles. The maximum atomic E-state index is 13.0. The molecule has 0 N–H and O–H groups in total. The third-order valence-electron chi connectivity index (χ3n) is 7.12. The lowest BCUT2D eigenvalue weighted by Crippen LogP contribution is -2.30. The van der Waals surface area contributed by atoms with Crippen molar-refractivity contribution in [3.05, 3.63) is 58.7 Å². The molecule has 2 aromatic carbocycles. The lowest BCUT2D eigenvalue weighted by Gasteiger charge is -2.21. The van der Waals surface area contributed by atoms with Crippen molar-refractivity contribution in [1.29, 1.82) is 0 Å². The van der Waals surface area contributed by atoms with Crippen molar-refractivity contribution in [3.8, 4) is 11.5 Å². The summed E-state index contributed by atoms with van der Waals surface area (Å²) in [6.07, 6.45) is 8.91. The SMILES string of the molecule is CCCCCCCCCCCC1=[N+](Cc2ccc(C(F)(F)F)cc2)CCc2cc(OC)c(OC)cc21. The summed E-state index contributed by atoms with van der Waals surface area (Å²) in [7, 11) is 3.30. The van der Waals surface area contributed by atoms with Gasteiger partial charge in [-0.1, -0.05) is 70.4 Å². The Bertz CT molecular complexity index is 996. The monoisotopic (exact) mass is 504 g/mol. The molecule has 36 heavy (non-hydrogen) atoms. The zero-order chi connectivity index (χ0) is 26.0. The van der Waals surface area contributed by atoms with E-state index in [-0.39, 0.29) is 0 Å². The Balaban J connectivity index is 1.75. The summed E-state index contributed by atoms with van der Waals surface area (Å²) in [6, 6.07) is 9.70. The maximum absolute atomic E-state index is 13.0. The maximum Gasteiger partial charge on any atom is 0.416 e. The second-order valence-corrected chi connectivity index (χ2v) is 9.76. The van der Waals surface area contributed by atoms with Gasteiger partial charge in [0.25, 0.3) is 0 Å². The zero-order valence-corrected chi connectivity index (χ0v) is 22.1. The first-order valence-corrected chi connectivity index (χ1v) is 13.4. The van der Waals surface area contributed by atoms with Crippen LogP contribution in [0, 0.1) is 0 Å². The normalized spacial score (nSPS) is 13.6. The van der Waals surface area contributed by atoms with Crippen LogP contribution in [0.4, 0.5) is 13.2 Å². The van der Waals surface area contributed by atoms with Gasteiger partial charge in [0.1, 0.15) is 6.54 Å². The predicted molar refractivity (Wildman–Crippen MR) is 139 cm³/mol. The number of methoxy groups -OCH3 is 2. The summed E-state index contributed by atoms with van der Waals surface area (Å²) in [5.74, 6) is 1.44. The van der Waals surface area contributed by atoms with Crippen LogP contribution in [-0.4, -0.2) is 31.1 Å². The van der Waals surface area contributed by atoms with E-state index in [1.165, 1.54) is 80.3 Å². The van der Waals surface area contributed by atoms with Crippen LogP contribution in [0.2, 0.25) is 0 Å². The van der Waals surface area contributed by atoms with Gasteiger partial charge in [0, 0.05) is 24.0 Å². The summed E-state index contributed by atoms with van der Waals surface area (Å²) in [6.45, 7) is 3.67. The third-order valence-corrected chi connectivity index (χ3v) is 7.12. The van der Waals surface area contributed by atoms with E-state index in [1.54, 1.807) is 26.4 Å². The Morgan fingerprint density at radius 1 is 0.806 bits per heavy atom. The van der Waals surface area contributed by atoms with Gasteiger partial charge in [0.2, 0.25) is 0 Å². The van der Waals surface area contributed by atoms with Crippen molar-refractivity contribution >= 4 is 5.71 Å². The molecular weight excluding hydrogens is 463 g/mol. The highest BCUT2D eigenvalue weighted by Crippen LogP contribution is 2.34. The van der Waals surface area contributed by atoms with Crippen LogP contribution in [0.3, 0.4) is 0 Å². The van der Waals surface area contributed by atoms with Gasteiger partial charge in [-0.2, -0.15) is 13.2 Å². The molecule has 3 nitrogen and oxygen atoms in total. The molecule has 0 spiro atoms. The number of ether oxygens (including phenoxy) is 2. The van der Waals surface area contributed by atoms with Crippen LogP contribution in [0.5, 0.6) is 11.5 Å². The van der Waals surface area contributed by atoms with Gasteiger partial charge in [0.05, 0.1) is 19.8 Å². The highest BCUT2D eigenvalue weighted by atomic mass is 19.4. The van der Waals surface area contributed by atoms with Gasteiger partial charge in [-0.05, 0) is 36.2 Å². The number of halogens is 3. The molecule has 0 saturated carbocycles. The van der Waals surface area contributed by atoms with Crippen LogP contribution in [0.25, 0.3) is 0 Å². The number of fused-ring (bicyclic) bond motifs is 1. The third kappa shape index (κ3) is 7.75. The molecule has 0 atom stereocenters. The molecule has 1 aliphatic heterocycles. The molecule has 0 radical (unpaired) electrons. The molecule has 1 heterocycles. The largest absolute Gasteiger partial charge is 0.493 e. The van der Waals surface area contributed by atoms with Crippen molar-refractivity contribution < 1.29 is 27.2 Å². The minimum atomic E-state index is -4.31. The average molecular weight is 505 g/mol. The summed E-state index contributed by atoms with van der Waals surface area (Å²) in [5.41, 5.74) is 3.94. The van der Waals surface area contributed by atoms with Gasteiger partial charge >= 0.3 is 6.18 Å². The van der Waals surface area contributed by atoms with Crippen molar-refractivity contribution in [3.63, 3.8) is 0 Å². The number of nitrogens with zero attached hydrogens (tertiary/aromatic N) is 1. The van der Waals surface area contributed by atoms with E-state index in [4.69, 9.17) is 9.47 Å². The molecule has 0 amide bonds. The first-order chi connectivity index (χ1) is 17.4. The van der Waals surface area contributed by atoms with E-state index in [9.17, 15) is 13.2 Å². The molecule has 0 fully saturated rings. The summed E-state index contributed by atoms with van der Waals surface area (Å²) in [4.78, 5) is 0. The number of benzene rings is 2. The van der Waals surface area contributed by atoms with Crippen LogP contribution >= 0.6 is 0 Å². The highest BCUT2D eigenvalue weighted by Gasteiger charge is 2.31. The first kappa shape index (κ1) is 28.1. The molecule has 2 aromatic rings. The second kappa shape index (κ2) is 13.7. The number of hydrogen-bond donors (Lipinski definition) is 0. The van der Waals surface area contributed by atoms with E-state index < -0.39 is 11.7 Å². The molecule has 0 bridgehead atoms. The number of alkyl halides is 3. The molecule has 1 aliphatic rings. The summed E-state index contributed by atoms with van der Waals surface area (Å²) in [5, 5.41) is 0. The number of unbranched alkanes of at least 4 members (excludes halogenated alkanes) is 8. The van der Waals surface area contributed by atoms with E-state index in [1.807, 2.05) is 0 Å². The molecule has 3 rings (SSSR count). The van der Waals surface area contributed by atoms with Gasteiger partial charge in [-0.15, -0.1) is 0 Å². The van der Waals surface area contributed by atoms with E-state index in [0.29, 0.717) is 12.3 Å². The molecule has 0 unspecified atom stereocenters. The predicted octanol–water partition coefficient (Wildman–Crippen LogP) is 8.20. The van der Waals surface area contributed by atoms with Gasteiger partial charge < -0.3 is 9.47 Å². The van der Waals surface area contributed by atoms with Crippen molar-refractivity contribution in [2.24, 2.45) is 0 Å². The van der Waals surface area contributed by atoms with Crippen LogP contribution < -0.4 is 9.47 Å². The fourth-order valence-corrected chi connectivity index (χ4v) is 5.05. The van der Waals surface area contributed by atoms with Gasteiger partial charge in [0.15, 0.2) is 23.8 Å². The standard InChI is InChI=1S/C30H41F3NO2/c1-4-5-6-7-8-9-10-11-12-13-27-26-21-29(36-3)28(35-2)20-24(26)18-19-34(27)22-23-14-16-25(17-15-23)30(31,32)33/h14-17,20-21H,4-13,18-19,22H2,1-3H3/q+1. The van der Waals surface area contributed by atoms with Crippen LogP contribution in [0.1, 0.15) is 93.4 Å².